The molecule has 0 aromatic heterocycles. The van der Waals surface area contributed by atoms with Gasteiger partial charge in [-0.25, -0.2) is 4.79 Å². The van der Waals surface area contributed by atoms with Crippen LogP contribution in [0.15, 0.2) is 30.3 Å². The van der Waals surface area contributed by atoms with Gasteiger partial charge in [0.2, 0.25) is 0 Å². The van der Waals surface area contributed by atoms with E-state index in [2.05, 4.69) is 0 Å². The SMILES string of the molecule is CCOC(C)(C)c1ccc(C=CC(=O)O)cc1. The molecule has 92 valence electrons. The maximum atomic E-state index is 10.4. The van der Waals surface area contributed by atoms with Crippen LogP contribution in [0.1, 0.15) is 31.9 Å². The number of benzene rings is 1. The van der Waals surface area contributed by atoms with Gasteiger partial charge in [0.05, 0.1) is 5.60 Å². The minimum Gasteiger partial charge on any atom is -0.478 e. The van der Waals surface area contributed by atoms with Crippen LogP contribution in [0.25, 0.3) is 6.08 Å². The second-order valence-corrected chi connectivity index (χ2v) is 4.24. The van der Waals surface area contributed by atoms with Crippen molar-refractivity contribution in [2.24, 2.45) is 0 Å². The minimum atomic E-state index is -0.941. The Hall–Kier alpha value is -1.61. The van der Waals surface area contributed by atoms with Crippen LogP contribution in [-0.2, 0) is 15.1 Å². The third-order valence-electron chi connectivity index (χ3n) is 2.53. The summed E-state index contributed by atoms with van der Waals surface area (Å²) in [7, 11) is 0. The van der Waals surface area contributed by atoms with Crippen molar-refractivity contribution >= 4 is 12.0 Å². The average Bonchev–Trinajstić information content (AvgIpc) is 2.27. The largest absolute Gasteiger partial charge is 0.478 e. The third kappa shape index (κ3) is 4.04. The lowest BCUT2D eigenvalue weighted by Gasteiger charge is -2.25. The molecule has 0 amide bonds. The Morgan fingerprint density at radius 2 is 1.94 bits per heavy atom. The molecule has 0 spiro atoms. The second-order valence-electron chi connectivity index (χ2n) is 4.24. The van der Waals surface area contributed by atoms with Crippen LogP contribution in [-0.4, -0.2) is 17.7 Å². The van der Waals surface area contributed by atoms with E-state index in [0.29, 0.717) is 6.61 Å². The van der Waals surface area contributed by atoms with E-state index in [-0.39, 0.29) is 5.60 Å². The normalized spacial score (nSPS) is 11.9. The number of rotatable bonds is 5. The fourth-order valence-electron chi connectivity index (χ4n) is 1.61. The Morgan fingerprint density at radius 3 is 2.41 bits per heavy atom. The summed E-state index contributed by atoms with van der Waals surface area (Å²) in [5.41, 5.74) is 1.62. The van der Waals surface area contributed by atoms with Gasteiger partial charge >= 0.3 is 5.97 Å². The highest BCUT2D eigenvalue weighted by Crippen LogP contribution is 2.24. The van der Waals surface area contributed by atoms with Gasteiger partial charge in [0.15, 0.2) is 0 Å². The summed E-state index contributed by atoms with van der Waals surface area (Å²) in [4.78, 5) is 10.4. The van der Waals surface area contributed by atoms with Gasteiger partial charge in [-0.3, -0.25) is 0 Å². The Bertz CT molecular complexity index is 402. The van der Waals surface area contributed by atoms with Crippen molar-refractivity contribution in [3.63, 3.8) is 0 Å². The first kappa shape index (κ1) is 13.5. The average molecular weight is 234 g/mol. The molecule has 3 nitrogen and oxygen atoms in total. The van der Waals surface area contributed by atoms with Crippen LogP contribution < -0.4 is 0 Å². The molecule has 0 radical (unpaired) electrons. The molecule has 3 heteroatoms. The van der Waals surface area contributed by atoms with Gasteiger partial charge in [-0.15, -0.1) is 0 Å². The monoisotopic (exact) mass is 234 g/mol. The molecule has 0 saturated heterocycles. The van der Waals surface area contributed by atoms with E-state index in [1.54, 1.807) is 6.08 Å². The highest BCUT2D eigenvalue weighted by atomic mass is 16.5. The van der Waals surface area contributed by atoms with Gasteiger partial charge in [-0.1, -0.05) is 24.3 Å². The van der Waals surface area contributed by atoms with Gasteiger partial charge in [-0.2, -0.15) is 0 Å². The van der Waals surface area contributed by atoms with Crippen LogP contribution >= 0.6 is 0 Å². The Balaban J connectivity index is 2.84. The van der Waals surface area contributed by atoms with Crippen molar-refractivity contribution in [2.75, 3.05) is 6.61 Å². The molecule has 0 atom stereocenters. The molecular formula is C14H18O3. The van der Waals surface area contributed by atoms with Crippen LogP contribution in [0.3, 0.4) is 0 Å². The molecule has 1 N–H and O–H groups in total. The molecule has 0 aliphatic heterocycles. The number of hydrogen-bond acceptors (Lipinski definition) is 2. The van der Waals surface area contributed by atoms with Crippen LogP contribution in [0.2, 0.25) is 0 Å². The van der Waals surface area contributed by atoms with Crippen LogP contribution in [0.4, 0.5) is 0 Å². The first-order valence-electron chi connectivity index (χ1n) is 5.61. The first-order valence-corrected chi connectivity index (χ1v) is 5.61. The van der Waals surface area contributed by atoms with Crippen molar-refractivity contribution in [3.05, 3.63) is 41.5 Å². The molecule has 1 aromatic rings. The van der Waals surface area contributed by atoms with Gasteiger partial charge in [0, 0.05) is 12.7 Å². The summed E-state index contributed by atoms with van der Waals surface area (Å²) in [6.45, 7) is 6.65. The number of aliphatic carboxylic acids is 1. The first-order chi connectivity index (χ1) is 7.95. The van der Waals surface area contributed by atoms with Gasteiger partial charge in [-0.05, 0) is 38.0 Å². The summed E-state index contributed by atoms with van der Waals surface area (Å²) in [6.07, 6.45) is 2.70. The topological polar surface area (TPSA) is 46.5 Å². The number of ether oxygens (including phenoxy) is 1. The maximum Gasteiger partial charge on any atom is 0.328 e. The van der Waals surface area contributed by atoms with Crippen molar-refractivity contribution in [2.45, 2.75) is 26.4 Å². The van der Waals surface area contributed by atoms with E-state index in [0.717, 1.165) is 17.2 Å². The van der Waals surface area contributed by atoms with Crippen LogP contribution in [0, 0.1) is 0 Å². The Morgan fingerprint density at radius 1 is 1.35 bits per heavy atom. The van der Waals surface area contributed by atoms with Crippen molar-refractivity contribution in [3.8, 4) is 0 Å². The summed E-state index contributed by atoms with van der Waals surface area (Å²) < 4.78 is 5.64. The predicted octanol–water partition coefficient (Wildman–Crippen LogP) is 3.06. The molecular weight excluding hydrogens is 216 g/mol. The summed E-state index contributed by atoms with van der Waals surface area (Å²) >= 11 is 0. The van der Waals surface area contributed by atoms with E-state index in [9.17, 15) is 4.79 Å². The number of carboxylic acids is 1. The van der Waals surface area contributed by atoms with Crippen molar-refractivity contribution in [1.82, 2.24) is 0 Å². The second kappa shape index (κ2) is 5.64. The molecule has 0 aliphatic rings. The summed E-state index contributed by atoms with van der Waals surface area (Å²) in [6, 6.07) is 7.68. The molecule has 1 aromatic carbocycles. The predicted molar refractivity (Wildman–Crippen MR) is 67.8 cm³/mol. The zero-order chi connectivity index (χ0) is 12.9. The Labute approximate surface area is 102 Å². The standard InChI is InChI=1S/C14H18O3/c1-4-17-14(2,3)12-8-5-11(6-9-12)7-10-13(15)16/h5-10H,4H2,1-3H3,(H,15,16). The molecule has 0 aliphatic carbocycles. The van der Waals surface area contributed by atoms with E-state index in [1.807, 2.05) is 45.0 Å². The summed E-state index contributed by atoms with van der Waals surface area (Å²) in [5, 5.41) is 8.52. The molecule has 0 heterocycles. The quantitative estimate of drug-likeness (QED) is 0.796. The van der Waals surface area contributed by atoms with E-state index in [1.165, 1.54) is 0 Å². The number of carbonyl (C=O) groups is 1. The molecule has 0 fully saturated rings. The zero-order valence-corrected chi connectivity index (χ0v) is 10.4. The highest BCUT2D eigenvalue weighted by molar-refractivity contribution is 5.85. The Kier molecular flexibility index (Phi) is 4.46. The van der Waals surface area contributed by atoms with Crippen LogP contribution in [0.5, 0.6) is 0 Å². The number of carboxylic acid groups (broad SMARTS) is 1. The number of hydrogen-bond donors (Lipinski definition) is 1. The summed E-state index contributed by atoms with van der Waals surface area (Å²) in [5.74, 6) is -0.941. The fourth-order valence-corrected chi connectivity index (χ4v) is 1.61. The van der Waals surface area contributed by atoms with E-state index in [4.69, 9.17) is 9.84 Å². The lowest BCUT2D eigenvalue weighted by molar-refractivity contribution is -0.131. The van der Waals surface area contributed by atoms with Crippen molar-refractivity contribution < 1.29 is 14.6 Å². The molecule has 0 unspecified atom stereocenters. The molecule has 1 rings (SSSR count). The van der Waals surface area contributed by atoms with Gasteiger partial charge < -0.3 is 9.84 Å². The highest BCUT2D eigenvalue weighted by Gasteiger charge is 2.19. The van der Waals surface area contributed by atoms with Crippen molar-refractivity contribution in [1.29, 1.82) is 0 Å². The smallest absolute Gasteiger partial charge is 0.328 e. The van der Waals surface area contributed by atoms with Gasteiger partial charge in [0.1, 0.15) is 0 Å². The van der Waals surface area contributed by atoms with Gasteiger partial charge in [0.25, 0.3) is 0 Å². The van der Waals surface area contributed by atoms with E-state index < -0.39 is 5.97 Å². The maximum absolute atomic E-state index is 10.4. The fraction of sp³-hybridized carbons (Fsp3) is 0.357. The lowest BCUT2D eigenvalue weighted by atomic mass is 9.97. The third-order valence-corrected chi connectivity index (χ3v) is 2.53. The minimum absolute atomic E-state index is 0.316. The molecule has 17 heavy (non-hydrogen) atoms. The van der Waals surface area contributed by atoms with E-state index >= 15 is 0 Å². The lowest BCUT2D eigenvalue weighted by Crippen LogP contribution is -2.21. The molecule has 0 saturated carbocycles. The molecule has 0 bridgehead atoms. The zero-order valence-electron chi connectivity index (χ0n) is 10.4.